The molecule has 0 amide bonds. The summed E-state index contributed by atoms with van der Waals surface area (Å²) in [5.41, 5.74) is 0.228. The van der Waals surface area contributed by atoms with E-state index in [2.05, 4.69) is 15.2 Å². The summed E-state index contributed by atoms with van der Waals surface area (Å²) >= 11 is 0. The number of aliphatic hydroxyl groups is 1. The summed E-state index contributed by atoms with van der Waals surface area (Å²) in [5.74, 6) is 0.492. The van der Waals surface area contributed by atoms with Gasteiger partial charge in [0.05, 0.1) is 12.9 Å². The minimum Gasteiger partial charge on any atom is -0.473 e. The Morgan fingerprint density at radius 3 is 3.00 bits per heavy atom. The molecule has 0 aliphatic rings. The first kappa shape index (κ1) is 12.0. The quantitative estimate of drug-likeness (QED) is 0.535. The van der Waals surface area contributed by atoms with Gasteiger partial charge in [0.25, 0.3) is 5.88 Å². The zero-order chi connectivity index (χ0) is 12.0. The Bertz CT molecular complexity index is 405. The molecule has 7 heteroatoms. The normalized spacial score (nSPS) is 10.4. The highest BCUT2D eigenvalue weighted by Gasteiger charge is 2.13. The molecule has 1 aromatic heterocycles. The Morgan fingerprint density at radius 2 is 2.44 bits per heavy atom. The maximum absolute atomic E-state index is 8.91. The average molecular weight is 223 g/mol. The van der Waals surface area contributed by atoms with Gasteiger partial charge >= 0.3 is 0 Å². The number of rotatable bonds is 5. The minimum atomic E-state index is -0.131. The van der Waals surface area contributed by atoms with Gasteiger partial charge in [0.2, 0.25) is 0 Å². The Kier molecular flexibility index (Phi) is 4.29. The number of hydrogen-bond acceptors (Lipinski definition) is 5. The third kappa shape index (κ3) is 2.96. The largest absolute Gasteiger partial charge is 0.473 e. The number of aliphatic hydroxyl groups excluding tert-OH is 1. The van der Waals surface area contributed by atoms with E-state index in [0.29, 0.717) is 5.82 Å². The van der Waals surface area contributed by atoms with Gasteiger partial charge in [-0.2, -0.15) is 5.26 Å². The number of aromatic amines is 1. The number of ether oxygens (including phenoxy) is 1. The summed E-state index contributed by atoms with van der Waals surface area (Å²) in [4.78, 5) is 5.76. The molecule has 1 aromatic rings. The number of aliphatic imine (C=N–C) groups is 1. The van der Waals surface area contributed by atoms with Crippen LogP contribution in [0, 0.1) is 11.3 Å². The van der Waals surface area contributed by atoms with Gasteiger partial charge < -0.3 is 14.7 Å². The smallest absolute Gasteiger partial charge is 0.253 e. The molecule has 0 spiro atoms. The number of nitrogens with zero attached hydrogens (tertiary/aromatic N) is 4. The van der Waals surface area contributed by atoms with E-state index in [0.717, 1.165) is 0 Å². The maximum atomic E-state index is 8.91. The lowest BCUT2D eigenvalue weighted by Gasteiger charge is -2.01. The van der Waals surface area contributed by atoms with Crippen LogP contribution in [0.1, 0.15) is 5.56 Å². The van der Waals surface area contributed by atoms with Gasteiger partial charge in [0.1, 0.15) is 12.7 Å². The fraction of sp³-hybridized carbons (Fsp3) is 0.444. The van der Waals surface area contributed by atoms with Crippen molar-refractivity contribution < 1.29 is 9.84 Å². The van der Waals surface area contributed by atoms with E-state index in [1.807, 2.05) is 20.2 Å². The van der Waals surface area contributed by atoms with Crippen LogP contribution in [0.4, 0.5) is 5.82 Å². The van der Waals surface area contributed by atoms with Gasteiger partial charge in [-0.25, -0.2) is 4.99 Å². The van der Waals surface area contributed by atoms with Crippen LogP contribution in [0.3, 0.4) is 0 Å². The predicted molar refractivity (Wildman–Crippen MR) is 57.7 cm³/mol. The molecule has 0 bridgehead atoms. The molecule has 1 heterocycles. The van der Waals surface area contributed by atoms with Crippen molar-refractivity contribution in [3.8, 4) is 11.9 Å². The van der Waals surface area contributed by atoms with Crippen molar-refractivity contribution in [1.82, 2.24) is 15.1 Å². The molecule has 0 aromatic carbocycles. The van der Waals surface area contributed by atoms with E-state index in [-0.39, 0.29) is 24.7 Å². The lowest BCUT2D eigenvalue weighted by molar-refractivity contribution is 0.196. The lowest BCUT2D eigenvalue weighted by Crippen LogP contribution is -2.07. The number of nitriles is 1. The Morgan fingerprint density at radius 1 is 1.69 bits per heavy atom. The van der Waals surface area contributed by atoms with Crippen LogP contribution in [0.15, 0.2) is 4.99 Å². The third-order valence-electron chi connectivity index (χ3n) is 1.57. The molecule has 2 N–H and O–H groups in total. The average Bonchev–Trinajstić information content (AvgIpc) is 2.65. The summed E-state index contributed by atoms with van der Waals surface area (Å²) in [6.07, 6.45) is 1.55. The van der Waals surface area contributed by atoms with Crippen molar-refractivity contribution in [2.75, 3.05) is 27.3 Å². The van der Waals surface area contributed by atoms with E-state index < -0.39 is 0 Å². The third-order valence-corrected chi connectivity index (χ3v) is 1.57. The second-order valence-electron chi connectivity index (χ2n) is 3.14. The number of hydrogen-bond donors (Lipinski definition) is 2. The van der Waals surface area contributed by atoms with Crippen molar-refractivity contribution in [2.45, 2.75) is 0 Å². The zero-order valence-electron chi connectivity index (χ0n) is 9.14. The van der Waals surface area contributed by atoms with Crippen LogP contribution in [0.2, 0.25) is 0 Å². The van der Waals surface area contributed by atoms with Crippen molar-refractivity contribution >= 4 is 12.2 Å². The molecule has 0 aliphatic carbocycles. The summed E-state index contributed by atoms with van der Waals surface area (Å²) in [6.45, 7) is -0.0373. The molecule has 7 nitrogen and oxygen atoms in total. The Labute approximate surface area is 93.0 Å². The van der Waals surface area contributed by atoms with Gasteiger partial charge in [-0.15, -0.1) is 5.10 Å². The molecule has 0 saturated carbocycles. The number of nitrogens with one attached hydrogen (secondary N) is 1. The number of aromatic nitrogens is 2. The van der Waals surface area contributed by atoms with Crippen LogP contribution in [-0.4, -0.2) is 53.9 Å². The predicted octanol–water partition coefficient (Wildman–Crippen LogP) is -0.126. The molecule has 0 radical (unpaired) electrons. The summed E-state index contributed by atoms with van der Waals surface area (Å²) in [5, 5.41) is 23.9. The van der Waals surface area contributed by atoms with Gasteiger partial charge in [-0.3, -0.25) is 5.10 Å². The van der Waals surface area contributed by atoms with Crippen LogP contribution >= 0.6 is 0 Å². The molecular formula is C9H13N5O2. The highest BCUT2D eigenvalue weighted by molar-refractivity contribution is 5.64. The summed E-state index contributed by atoms with van der Waals surface area (Å²) < 4.78 is 5.06. The van der Waals surface area contributed by atoms with E-state index in [1.54, 1.807) is 11.2 Å². The summed E-state index contributed by atoms with van der Waals surface area (Å²) in [6, 6.07) is 1.94. The molecule has 0 aliphatic heterocycles. The first-order chi connectivity index (χ1) is 7.69. The Hall–Kier alpha value is -2.07. The first-order valence-corrected chi connectivity index (χ1v) is 4.61. The molecular weight excluding hydrogens is 210 g/mol. The monoisotopic (exact) mass is 223 g/mol. The topological polar surface area (TPSA) is 97.5 Å². The fourth-order valence-electron chi connectivity index (χ4n) is 0.931. The van der Waals surface area contributed by atoms with Gasteiger partial charge in [-0.05, 0) is 0 Å². The zero-order valence-corrected chi connectivity index (χ0v) is 9.14. The maximum Gasteiger partial charge on any atom is 0.253 e. The van der Waals surface area contributed by atoms with Crippen molar-refractivity contribution in [3.05, 3.63) is 5.56 Å². The summed E-state index contributed by atoms with van der Waals surface area (Å²) in [7, 11) is 3.63. The second kappa shape index (κ2) is 5.72. The molecule has 86 valence electrons. The van der Waals surface area contributed by atoms with Crippen LogP contribution < -0.4 is 4.74 Å². The SMILES string of the molecule is CN(C)C=Nc1[nH]nc(OCCO)c1C#N. The van der Waals surface area contributed by atoms with Gasteiger partial charge in [-0.1, -0.05) is 0 Å². The molecule has 0 saturated heterocycles. The minimum absolute atomic E-state index is 0.0936. The van der Waals surface area contributed by atoms with Crippen molar-refractivity contribution in [3.63, 3.8) is 0 Å². The van der Waals surface area contributed by atoms with E-state index in [1.165, 1.54) is 0 Å². The lowest BCUT2D eigenvalue weighted by atomic mass is 10.3. The van der Waals surface area contributed by atoms with Crippen LogP contribution in [0.25, 0.3) is 0 Å². The van der Waals surface area contributed by atoms with Gasteiger partial charge in [0.15, 0.2) is 11.4 Å². The molecule has 16 heavy (non-hydrogen) atoms. The molecule has 1 rings (SSSR count). The molecule has 0 fully saturated rings. The molecule has 0 atom stereocenters. The van der Waals surface area contributed by atoms with Crippen molar-refractivity contribution in [2.24, 2.45) is 4.99 Å². The van der Waals surface area contributed by atoms with E-state index in [4.69, 9.17) is 15.1 Å². The highest BCUT2D eigenvalue weighted by atomic mass is 16.5. The highest BCUT2D eigenvalue weighted by Crippen LogP contribution is 2.23. The van der Waals surface area contributed by atoms with Crippen LogP contribution in [0.5, 0.6) is 5.88 Å². The van der Waals surface area contributed by atoms with Gasteiger partial charge in [0, 0.05) is 14.1 Å². The van der Waals surface area contributed by atoms with E-state index >= 15 is 0 Å². The van der Waals surface area contributed by atoms with Crippen LogP contribution in [-0.2, 0) is 0 Å². The number of H-pyrrole nitrogens is 1. The second-order valence-corrected chi connectivity index (χ2v) is 3.14. The Balaban J connectivity index is 2.87. The molecule has 0 unspecified atom stereocenters. The first-order valence-electron chi connectivity index (χ1n) is 4.61. The standard InChI is InChI=1S/C9H13N5O2/c1-14(2)6-11-8-7(5-10)9(13-12-8)16-4-3-15/h6,15H,3-4H2,1-2H3,(H,12,13). The fourth-order valence-corrected chi connectivity index (χ4v) is 0.931. The van der Waals surface area contributed by atoms with Crippen molar-refractivity contribution in [1.29, 1.82) is 5.26 Å². The van der Waals surface area contributed by atoms with E-state index in [9.17, 15) is 0 Å².